The summed E-state index contributed by atoms with van der Waals surface area (Å²) >= 11 is 0. The van der Waals surface area contributed by atoms with Crippen molar-refractivity contribution in [2.24, 2.45) is 5.41 Å². The zero-order valence-electron chi connectivity index (χ0n) is 22.2. The molecule has 0 aromatic heterocycles. The summed E-state index contributed by atoms with van der Waals surface area (Å²) in [5.41, 5.74) is 0.877. The first-order valence-corrected chi connectivity index (χ1v) is 11.5. The van der Waals surface area contributed by atoms with Gasteiger partial charge in [0.25, 0.3) is 0 Å². The number of esters is 1. The summed E-state index contributed by atoms with van der Waals surface area (Å²) in [6.45, 7) is 19.3. The average molecular weight is 467 g/mol. The summed E-state index contributed by atoms with van der Waals surface area (Å²) in [5.74, 6) is 1.31. The van der Waals surface area contributed by atoms with Gasteiger partial charge < -0.3 is 14.2 Å². The van der Waals surface area contributed by atoms with Gasteiger partial charge in [-0.15, -0.1) is 0 Å². The fraction of sp³-hybridized carbons (Fsp3) is 0.448. The minimum Gasteiger partial charge on any atom is -0.488 e. The molecule has 34 heavy (non-hydrogen) atoms. The van der Waals surface area contributed by atoms with Crippen LogP contribution < -0.4 is 14.2 Å². The predicted molar refractivity (Wildman–Crippen MR) is 137 cm³/mol. The van der Waals surface area contributed by atoms with E-state index in [-0.39, 0.29) is 17.4 Å². The summed E-state index contributed by atoms with van der Waals surface area (Å²) < 4.78 is 17.6. The third kappa shape index (κ3) is 8.36. The first-order valence-electron chi connectivity index (χ1n) is 11.5. The Morgan fingerprint density at radius 2 is 1.29 bits per heavy atom. The number of ether oxygens (including phenoxy) is 3. The van der Waals surface area contributed by atoms with E-state index in [2.05, 4.69) is 0 Å². The molecular weight excluding hydrogens is 428 g/mol. The summed E-state index contributed by atoms with van der Waals surface area (Å²) in [5, 5.41) is 0. The molecule has 0 unspecified atom stereocenters. The largest absolute Gasteiger partial charge is 0.488 e. The molecule has 2 aromatic rings. The molecule has 0 saturated heterocycles. The molecule has 0 amide bonds. The number of allylic oxidation sites excluding steroid dienone is 1. The zero-order valence-corrected chi connectivity index (χ0v) is 22.2. The van der Waals surface area contributed by atoms with Crippen LogP contribution in [0.3, 0.4) is 0 Å². The molecule has 0 aliphatic heterocycles. The zero-order chi connectivity index (χ0) is 25.9. The second-order valence-electron chi connectivity index (χ2n) is 11.4. The van der Waals surface area contributed by atoms with Crippen LogP contribution in [0.25, 0.3) is 6.08 Å². The highest BCUT2D eigenvalue weighted by Crippen LogP contribution is 2.34. The molecular formula is C29H38O5. The maximum atomic E-state index is 12.8. The van der Waals surface area contributed by atoms with Gasteiger partial charge in [-0.3, -0.25) is 9.59 Å². The summed E-state index contributed by atoms with van der Waals surface area (Å²) in [6.07, 6.45) is 3.27. The highest BCUT2D eigenvalue weighted by molar-refractivity contribution is 6.07. The number of benzene rings is 2. The van der Waals surface area contributed by atoms with E-state index < -0.39 is 11.0 Å². The number of aryl methyl sites for hydroxylation is 1. The monoisotopic (exact) mass is 466 g/mol. The van der Waals surface area contributed by atoms with Crippen LogP contribution in [0.15, 0.2) is 42.5 Å². The van der Waals surface area contributed by atoms with E-state index in [1.54, 1.807) is 51.1 Å². The van der Waals surface area contributed by atoms with E-state index in [0.717, 1.165) is 16.9 Å². The van der Waals surface area contributed by atoms with Crippen LogP contribution in [0.2, 0.25) is 0 Å². The molecule has 0 spiro atoms. The molecule has 2 aromatic carbocycles. The molecule has 5 heteroatoms. The lowest BCUT2D eigenvalue weighted by Gasteiger charge is -2.26. The molecule has 0 aliphatic carbocycles. The van der Waals surface area contributed by atoms with Crippen molar-refractivity contribution in [2.45, 2.75) is 80.4 Å². The second kappa shape index (κ2) is 10.0. The first-order chi connectivity index (χ1) is 15.4. The van der Waals surface area contributed by atoms with Gasteiger partial charge in [0, 0.05) is 17.2 Å². The lowest BCUT2D eigenvalue weighted by atomic mass is 9.97. The van der Waals surface area contributed by atoms with Crippen LogP contribution in [0.1, 0.15) is 83.8 Å². The number of rotatable bonds is 6. The standard InChI is InChI=1S/C29H38O5/c1-19-17-21(25(34-29(8,9)10)18-24(19)33-28(5,6)7)13-16-23(30)20-11-14-22(15-12-20)32-26(31)27(2,3)4/h11-18H,1-10H3/b16-13+. The maximum Gasteiger partial charge on any atom is 0.316 e. The molecule has 0 N–H and O–H groups in total. The minimum absolute atomic E-state index is 0.164. The normalized spacial score (nSPS) is 12.5. The predicted octanol–water partition coefficient (Wildman–Crippen LogP) is 7.20. The summed E-state index contributed by atoms with van der Waals surface area (Å²) in [7, 11) is 0. The Morgan fingerprint density at radius 1 is 0.765 bits per heavy atom. The fourth-order valence-electron chi connectivity index (χ4n) is 2.89. The van der Waals surface area contributed by atoms with Crippen LogP contribution >= 0.6 is 0 Å². The van der Waals surface area contributed by atoms with Gasteiger partial charge in [0.1, 0.15) is 28.5 Å². The maximum absolute atomic E-state index is 12.8. The van der Waals surface area contributed by atoms with Crippen molar-refractivity contribution in [3.63, 3.8) is 0 Å². The van der Waals surface area contributed by atoms with Crippen LogP contribution in [0.5, 0.6) is 17.2 Å². The van der Waals surface area contributed by atoms with E-state index in [0.29, 0.717) is 17.1 Å². The Hall–Kier alpha value is -3.08. The van der Waals surface area contributed by atoms with E-state index in [9.17, 15) is 9.59 Å². The van der Waals surface area contributed by atoms with Gasteiger partial charge in [0.05, 0.1) is 5.41 Å². The van der Waals surface area contributed by atoms with E-state index >= 15 is 0 Å². The van der Waals surface area contributed by atoms with Gasteiger partial charge in [-0.2, -0.15) is 0 Å². The molecule has 0 bridgehead atoms. The van der Waals surface area contributed by atoms with Crippen molar-refractivity contribution >= 4 is 17.8 Å². The lowest BCUT2D eigenvalue weighted by molar-refractivity contribution is -0.143. The number of hydrogen-bond acceptors (Lipinski definition) is 5. The highest BCUT2D eigenvalue weighted by Gasteiger charge is 2.24. The second-order valence-corrected chi connectivity index (χ2v) is 11.4. The Kier molecular flexibility index (Phi) is 8.02. The van der Waals surface area contributed by atoms with Gasteiger partial charge in [0.2, 0.25) is 0 Å². The van der Waals surface area contributed by atoms with Crippen molar-refractivity contribution in [1.29, 1.82) is 0 Å². The summed E-state index contributed by atoms with van der Waals surface area (Å²) in [4.78, 5) is 24.8. The van der Waals surface area contributed by atoms with Crippen molar-refractivity contribution in [3.8, 4) is 17.2 Å². The molecule has 0 atom stereocenters. The molecule has 0 aliphatic rings. The quantitative estimate of drug-likeness (QED) is 0.195. The smallest absolute Gasteiger partial charge is 0.316 e. The molecule has 0 fully saturated rings. The average Bonchev–Trinajstić information content (AvgIpc) is 2.66. The fourth-order valence-corrected chi connectivity index (χ4v) is 2.89. The van der Waals surface area contributed by atoms with Crippen molar-refractivity contribution in [3.05, 3.63) is 59.2 Å². The topological polar surface area (TPSA) is 61.8 Å². The van der Waals surface area contributed by atoms with Crippen molar-refractivity contribution in [2.75, 3.05) is 0 Å². The van der Waals surface area contributed by atoms with Crippen molar-refractivity contribution in [1.82, 2.24) is 0 Å². The van der Waals surface area contributed by atoms with Gasteiger partial charge in [0.15, 0.2) is 5.78 Å². The third-order valence-corrected chi connectivity index (χ3v) is 4.52. The van der Waals surface area contributed by atoms with Gasteiger partial charge >= 0.3 is 5.97 Å². The number of hydrogen-bond donors (Lipinski definition) is 0. The van der Waals surface area contributed by atoms with Gasteiger partial charge in [-0.05, 0) is 117 Å². The van der Waals surface area contributed by atoms with Gasteiger partial charge in [-0.1, -0.05) is 0 Å². The van der Waals surface area contributed by atoms with Crippen LogP contribution in [0.4, 0.5) is 0 Å². The van der Waals surface area contributed by atoms with Crippen LogP contribution in [-0.2, 0) is 4.79 Å². The SMILES string of the molecule is Cc1cc(/C=C/C(=O)c2ccc(OC(=O)C(C)(C)C)cc2)c(OC(C)(C)C)cc1OC(C)(C)C. The molecule has 184 valence electrons. The third-order valence-electron chi connectivity index (χ3n) is 4.52. The summed E-state index contributed by atoms with van der Waals surface area (Å²) in [6, 6.07) is 10.4. The van der Waals surface area contributed by atoms with Gasteiger partial charge in [-0.25, -0.2) is 0 Å². The molecule has 5 nitrogen and oxygen atoms in total. The number of ketones is 1. The van der Waals surface area contributed by atoms with Crippen molar-refractivity contribution < 1.29 is 23.8 Å². The number of carbonyl (C=O) groups excluding carboxylic acids is 2. The Labute approximate surface area is 204 Å². The van der Waals surface area contributed by atoms with Crippen LogP contribution in [-0.4, -0.2) is 23.0 Å². The van der Waals surface area contributed by atoms with Crippen LogP contribution in [0, 0.1) is 12.3 Å². The Morgan fingerprint density at radius 3 is 1.79 bits per heavy atom. The molecule has 2 rings (SSSR count). The number of carbonyl (C=O) groups is 2. The lowest BCUT2D eigenvalue weighted by Crippen LogP contribution is -2.25. The Balaban J connectivity index is 2.28. The molecule has 0 heterocycles. The Bertz CT molecular complexity index is 1060. The first kappa shape index (κ1) is 27.2. The van der Waals surface area contributed by atoms with E-state index in [1.165, 1.54) is 6.08 Å². The minimum atomic E-state index is -0.602. The van der Waals surface area contributed by atoms with E-state index in [4.69, 9.17) is 14.2 Å². The van der Waals surface area contributed by atoms with E-state index in [1.807, 2.05) is 60.6 Å². The molecule has 0 radical (unpaired) electrons. The molecule has 0 saturated carbocycles. The highest BCUT2D eigenvalue weighted by atomic mass is 16.5.